The Hall–Kier alpha value is -1.46. The van der Waals surface area contributed by atoms with Gasteiger partial charge in [0.1, 0.15) is 0 Å². The molecule has 0 aliphatic heterocycles. The van der Waals surface area contributed by atoms with Crippen LogP contribution in [-0.2, 0) is 19.2 Å². The molecule has 2 atom stereocenters. The Morgan fingerprint density at radius 1 is 0.545 bits per heavy atom. The second-order valence-corrected chi connectivity index (χ2v) is 14.5. The molecule has 0 bridgehead atoms. The topological polar surface area (TPSA) is 166 Å². The highest BCUT2D eigenvalue weighted by atomic mass is 33.1. The SMILES string of the molecule is CCCCCC(=O)NC(CCSSCCC(NC(=O)CCCCCCCCCCCCCCCCCC[NH3+])C(=O)[O-])C(=O)[O-]. The Morgan fingerprint density at radius 3 is 1.18 bits per heavy atom. The van der Waals surface area contributed by atoms with Gasteiger partial charge in [0.25, 0.3) is 0 Å². The first kappa shape index (κ1) is 42.5. The summed E-state index contributed by atoms with van der Waals surface area (Å²) >= 11 is 0. The zero-order valence-electron chi connectivity index (χ0n) is 27.5. The van der Waals surface area contributed by atoms with Crippen molar-refractivity contribution in [2.75, 3.05) is 18.1 Å². The minimum atomic E-state index is -1.31. The Bertz CT molecular complexity index is 744. The Morgan fingerprint density at radius 2 is 0.864 bits per heavy atom. The largest absolute Gasteiger partial charge is 0.548 e. The third-order valence-corrected chi connectivity index (χ3v) is 10.2. The van der Waals surface area contributed by atoms with Crippen molar-refractivity contribution < 1.29 is 35.1 Å². The van der Waals surface area contributed by atoms with Gasteiger partial charge in [-0.05, 0) is 38.5 Å². The predicted octanol–water partition coefficient (Wildman–Crippen LogP) is 4.07. The number of amides is 2. The van der Waals surface area contributed by atoms with Gasteiger partial charge in [0.05, 0.1) is 30.6 Å². The lowest BCUT2D eigenvalue weighted by molar-refractivity contribution is -0.368. The fourth-order valence-electron chi connectivity index (χ4n) is 4.95. The molecule has 11 heteroatoms. The third kappa shape index (κ3) is 28.0. The van der Waals surface area contributed by atoms with Crippen LogP contribution in [0.3, 0.4) is 0 Å². The van der Waals surface area contributed by atoms with Crippen molar-refractivity contribution in [3.05, 3.63) is 0 Å². The molecule has 0 rings (SSSR count). The first-order valence-electron chi connectivity index (χ1n) is 17.4. The van der Waals surface area contributed by atoms with Gasteiger partial charge >= 0.3 is 0 Å². The molecule has 0 radical (unpaired) electrons. The van der Waals surface area contributed by atoms with Crippen molar-refractivity contribution in [3.63, 3.8) is 0 Å². The second kappa shape index (κ2) is 31.5. The highest BCUT2D eigenvalue weighted by Gasteiger charge is 2.15. The summed E-state index contributed by atoms with van der Waals surface area (Å²) in [4.78, 5) is 47.0. The smallest absolute Gasteiger partial charge is 0.220 e. The van der Waals surface area contributed by atoms with Crippen molar-refractivity contribution in [1.82, 2.24) is 10.6 Å². The highest BCUT2D eigenvalue weighted by Crippen LogP contribution is 2.24. The maximum Gasteiger partial charge on any atom is 0.220 e. The van der Waals surface area contributed by atoms with Crippen molar-refractivity contribution in [2.24, 2.45) is 0 Å². The Labute approximate surface area is 275 Å². The number of rotatable bonds is 33. The van der Waals surface area contributed by atoms with Crippen molar-refractivity contribution in [1.29, 1.82) is 0 Å². The average molecular weight is 661 g/mol. The first-order chi connectivity index (χ1) is 21.3. The van der Waals surface area contributed by atoms with E-state index in [0.717, 1.165) is 45.1 Å². The van der Waals surface area contributed by atoms with Crippen LogP contribution in [0.4, 0.5) is 0 Å². The molecule has 0 saturated carbocycles. The zero-order valence-corrected chi connectivity index (χ0v) is 29.1. The predicted molar refractivity (Wildman–Crippen MR) is 178 cm³/mol. The molecule has 0 aliphatic rings. The summed E-state index contributed by atoms with van der Waals surface area (Å²) in [5.41, 5.74) is 3.89. The number of unbranched alkanes of at least 4 members (excludes halogenated alkanes) is 17. The van der Waals surface area contributed by atoms with Crippen LogP contribution >= 0.6 is 21.6 Å². The summed E-state index contributed by atoms with van der Waals surface area (Å²) in [6.07, 6.45) is 23.6. The number of carbonyl (C=O) groups excluding carboxylic acids is 4. The van der Waals surface area contributed by atoms with E-state index in [-0.39, 0.29) is 24.7 Å². The van der Waals surface area contributed by atoms with Crippen molar-refractivity contribution in [3.8, 4) is 0 Å². The quantitative estimate of drug-likeness (QED) is 0.0700. The van der Waals surface area contributed by atoms with Crippen LogP contribution in [-0.4, -0.2) is 53.9 Å². The van der Waals surface area contributed by atoms with Crippen LogP contribution in [0.2, 0.25) is 0 Å². The molecule has 5 N–H and O–H groups in total. The van der Waals surface area contributed by atoms with E-state index in [2.05, 4.69) is 16.4 Å². The monoisotopic (exact) mass is 660 g/mol. The molecule has 9 nitrogen and oxygen atoms in total. The third-order valence-electron chi connectivity index (χ3n) is 7.71. The van der Waals surface area contributed by atoms with Gasteiger partial charge < -0.3 is 36.2 Å². The van der Waals surface area contributed by atoms with E-state index in [4.69, 9.17) is 0 Å². The first-order valence-corrected chi connectivity index (χ1v) is 19.8. The van der Waals surface area contributed by atoms with Gasteiger partial charge in [0, 0.05) is 24.3 Å². The maximum absolute atomic E-state index is 12.3. The number of carboxylic acid groups (broad SMARTS) is 2. The fraction of sp³-hybridized carbons (Fsp3) is 0.879. The summed E-state index contributed by atoms with van der Waals surface area (Å²) in [6, 6.07) is -2.09. The van der Waals surface area contributed by atoms with Crippen LogP contribution in [0.15, 0.2) is 0 Å². The standard InChI is InChI=1S/C33H63N3O6S2/c1-2-3-18-21-30(37)35-28(32(39)40)23-26-43-44-27-24-29(33(41)42)36-31(38)22-19-16-14-12-10-8-6-4-5-7-9-11-13-15-17-20-25-34/h28-29H,2-27,34H2,1H3,(H,35,37)(H,36,38)(H,39,40)(H,41,42)/p-1. The van der Waals surface area contributed by atoms with E-state index >= 15 is 0 Å². The van der Waals surface area contributed by atoms with E-state index in [1.54, 1.807) is 0 Å². The Balaban J connectivity index is 3.79. The van der Waals surface area contributed by atoms with E-state index in [1.165, 1.54) is 105 Å². The fourth-order valence-corrected chi connectivity index (χ4v) is 7.14. The minimum Gasteiger partial charge on any atom is -0.548 e. The van der Waals surface area contributed by atoms with Gasteiger partial charge in [-0.3, -0.25) is 9.59 Å². The van der Waals surface area contributed by atoms with Crippen LogP contribution < -0.4 is 26.6 Å². The number of quaternary nitrogens is 1. The molecule has 0 fully saturated rings. The lowest BCUT2D eigenvalue weighted by atomic mass is 10.0. The molecule has 0 aliphatic carbocycles. The number of nitrogens with one attached hydrogen (secondary N) is 2. The number of hydrogen-bond donors (Lipinski definition) is 3. The second-order valence-electron chi connectivity index (χ2n) is 11.8. The molecular weight excluding hydrogens is 599 g/mol. The summed E-state index contributed by atoms with van der Waals surface area (Å²) in [5.74, 6) is -2.24. The van der Waals surface area contributed by atoms with Gasteiger partial charge in [0.2, 0.25) is 11.8 Å². The number of carbonyl (C=O) groups is 4. The molecule has 0 aromatic carbocycles. The van der Waals surface area contributed by atoms with E-state index < -0.39 is 24.0 Å². The molecule has 0 heterocycles. The number of carboxylic acids is 2. The van der Waals surface area contributed by atoms with Gasteiger partial charge in [-0.1, -0.05) is 125 Å². The molecule has 0 saturated heterocycles. The lowest BCUT2D eigenvalue weighted by Gasteiger charge is -2.20. The average Bonchev–Trinajstić information content (AvgIpc) is 2.99. The van der Waals surface area contributed by atoms with Gasteiger partial charge in [-0.2, -0.15) is 0 Å². The normalized spacial score (nSPS) is 12.5. The van der Waals surface area contributed by atoms with E-state index in [0.29, 0.717) is 24.3 Å². The zero-order chi connectivity index (χ0) is 32.7. The molecule has 2 amide bonds. The highest BCUT2D eigenvalue weighted by molar-refractivity contribution is 8.76. The number of hydrogen-bond acceptors (Lipinski definition) is 8. The van der Waals surface area contributed by atoms with Crippen LogP contribution in [0.1, 0.15) is 155 Å². The summed E-state index contributed by atoms with van der Waals surface area (Å²) < 4.78 is 0. The summed E-state index contributed by atoms with van der Waals surface area (Å²) in [5, 5.41) is 27.9. The van der Waals surface area contributed by atoms with Crippen LogP contribution in [0.5, 0.6) is 0 Å². The van der Waals surface area contributed by atoms with Crippen LogP contribution in [0, 0.1) is 0 Å². The molecule has 0 aromatic rings. The molecule has 0 spiro atoms. The molecule has 0 aromatic heterocycles. The van der Waals surface area contributed by atoms with Crippen molar-refractivity contribution in [2.45, 2.75) is 167 Å². The molecular formula is C33H62N3O6S2-. The lowest BCUT2D eigenvalue weighted by Crippen LogP contribution is -2.50. The van der Waals surface area contributed by atoms with Gasteiger partial charge in [-0.15, -0.1) is 0 Å². The summed E-state index contributed by atoms with van der Waals surface area (Å²) in [6.45, 7) is 3.10. The van der Waals surface area contributed by atoms with E-state index in [9.17, 15) is 29.4 Å². The van der Waals surface area contributed by atoms with Gasteiger partial charge in [-0.25, -0.2) is 0 Å². The van der Waals surface area contributed by atoms with Gasteiger partial charge in [0.15, 0.2) is 0 Å². The Kier molecular flexibility index (Phi) is 30.5. The van der Waals surface area contributed by atoms with E-state index in [1.807, 2.05) is 6.92 Å². The van der Waals surface area contributed by atoms with Crippen LogP contribution in [0.25, 0.3) is 0 Å². The number of aliphatic carboxylic acids is 2. The summed E-state index contributed by atoms with van der Waals surface area (Å²) in [7, 11) is 2.80. The molecule has 258 valence electrons. The minimum absolute atomic E-state index is 0.220. The molecule has 44 heavy (non-hydrogen) atoms. The molecule has 2 unspecified atom stereocenters. The van der Waals surface area contributed by atoms with Crippen molar-refractivity contribution >= 4 is 45.3 Å². The maximum atomic E-state index is 12.3.